The van der Waals surface area contributed by atoms with Crippen LogP contribution in [0.2, 0.25) is 0 Å². The molecule has 0 aliphatic carbocycles. The van der Waals surface area contributed by atoms with E-state index < -0.39 is 0 Å². The van der Waals surface area contributed by atoms with Gasteiger partial charge in [-0.3, -0.25) is 4.40 Å². The van der Waals surface area contributed by atoms with Gasteiger partial charge in [-0.2, -0.15) is 0 Å². The lowest BCUT2D eigenvalue weighted by atomic mass is 10.1. The molecule has 0 saturated carbocycles. The van der Waals surface area contributed by atoms with E-state index in [2.05, 4.69) is 9.97 Å². The number of imidazole rings is 1. The fourth-order valence-electron chi connectivity index (χ4n) is 2.16. The Kier molecular flexibility index (Phi) is 2.59. The molecule has 0 spiro atoms. The zero-order chi connectivity index (χ0) is 13.6. The second-order valence-electron chi connectivity index (χ2n) is 4.80. The van der Waals surface area contributed by atoms with E-state index in [-0.39, 0.29) is 5.82 Å². The molecule has 0 atom stereocenters. The molecule has 96 valence electrons. The summed E-state index contributed by atoms with van der Waals surface area (Å²) in [6.45, 7) is 5.69. The van der Waals surface area contributed by atoms with Gasteiger partial charge in [0.05, 0.1) is 5.69 Å². The molecule has 19 heavy (non-hydrogen) atoms. The van der Waals surface area contributed by atoms with Gasteiger partial charge in [0.15, 0.2) is 0 Å². The van der Waals surface area contributed by atoms with Gasteiger partial charge in [-0.1, -0.05) is 12.1 Å². The topological polar surface area (TPSA) is 30.2 Å². The average molecular weight is 255 g/mol. The summed E-state index contributed by atoms with van der Waals surface area (Å²) in [6, 6.07) is 7.15. The van der Waals surface area contributed by atoms with Crippen LogP contribution < -0.4 is 0 Å². The second-order valence-corrected chi connectivity index (χ2v) is 4.80. The van der Waals surface area contributed by atoms with Crippen LogP contribution in [0.15, 0.2) is 30.5 Å². The van der Waals surface area contributed by atoms with Gasteiger partial charge in [0, 0.05) is 23.1 Å². The van der Waals surface area contributed by atoms with E-state index in [4.69, 9.17) is 0 Å². The van der Waals surface area contributed by atoms with E-state index in [1.165, 1.54) is 6.07 Å². The summed E-state index contributed by atoms with van der Waals surface area (Å²) in [5.74, 6) is 0.434. The Labute approximate surface area is 110 Å². The molecule has 0 aliphatic heterocycles. The monoisotopic (exact) mass is 255 g/mol. The molecule has 0 radical (unpaired) electrons. The van der Waals surface area contributed by atoms with Crippen LogP contribution in [0.5, 0.6) is 0 Å². The molecule has 0 aliphatic rings. The molecule has 0 N–H and O–H groups in total. The highest BCUT2D eigenvalue weighted by Crippen LogP contribution is 2.22. The molecule has 0 unspecified atom stereocenters. The Morgan fingerprint density at radius 1 is 1.05 bits per heavy atom. The summed E-state index contributed by atoms with van der Waals surface area (Å²) in [5.41, 5.74) is 4.13. The SMILES string of the molecule is Cc1cc(C)n2cc(-c3ccc(C)c(F)c3)nc2n1. The van der Waals surface area contributed by atoms with Gasteiger partial charge in [0.1, 0.15) is 5.82 Å². The normalized spacial score (nSPS) is 11.2. The van der Waals surface area contributed by atoms with Gasteiger partial charge in [-0.05, 0) is 38.5 Å². The smallest absolute Gasteiger partial charge is 0.234 e. The maximum atomic E-state index is 13.6. The molecule has 3 rings (SSSR count). The predicted molar refractivity (Wildman–Crippen MR) is 72.6 cm³/mol. The van der Waals surface area contributed by atoms with Gasteiger partial charge < -0.3 is 0 Å². The standard InChI is InChI=1S/C15H14FN3/c1-9-4-5-12(7-13(9)16)14-8-19-11(3)6-10(2)17-15(19)18-14/h4-8H,1-3H3. The summed E-state index contributed by atoms with van der Waals surface area (Å²) >= 11 is 0. The van der Waals surface area contributed by atoms with Crippen molar-refractivity contribution in [2.75, 3.05) is 0 Å². The number of hydrogen-bond donors (Lipinski definition) is 0. The molecule has 1 aromatic carbocycles. The van der Waals surface area contributed by atoms with Crippen LogP contribution in [0.4, 0.5) is 4.39 Å². The highest BCUT2D eigenvalue weighted by atomic mass is 19.1. The van der Waals surface area contributed by atoms with E-state index in [0.717, 1.165) is 22.6 Å². The zero-order valence-electron chi connectivity index (χ0n) is 11.1. The third-order valence-corrected chi connectivity index (χ3v) is 3.23. The molecule has 2 heterocycles. The first-order valence-corrected chi connectivity index (χ1v) is 6.14. The van der Waals surface area contributed by atoms with Gasteiger partial charge in [-0.25, -0.2) is 14.4 Å². The van der Waals surface area contributed by atoms with Gasteiger partial charge >= 0.3 is 0 Å². The molecule has 4 heteroatoms. The highest BCUT2D eigenvalue weighted by Gasteiger charge is 2.09. The molecule has 2 aromatic heterocycles. The van der Waals surface area contributed by atoms with E-state index in [0.29, 0.717) is 11.3 Å². The Bertz CT molecular complexity index is 774. The van der Waals surface area contributed by atoms with Crippen LogP contribution in [0.25, 0.3) is 17.0 Å². The molecular weight excluding hydrogens is 241 g/mol. The maximum absolute atomic E-state index is 13.6. The minimum atomic E-state index is -0.213. The third kappa shape index (κ3) is 1.99. The third-order valence-electron chi connectivity index (χ3n) is 3.23. The van der Waals surface area contributed by atoms with Crippen molar-refractivity contribution in [1.29, 1.82) is 0 Å². The maximum Gasteiger partial charge on any atom is 0.234 e. The quantitative estimate of drug-likeness (QED) is 0.666. The molecule has 3 aromatic rings. The number of halogens is 1. The van der Waals surface area contributed by atoms with Crippen molar-refractivity contribution in [2.24, 2.45) is 0 Å². The Morgan fingerprint density at radius 3 is 2.58 bits per heavy atom. The highest BCUT2D eigenvalue weighted by molar-refractivity contribution is 5.62. The Balaban J connectivity index is 2.20. The Hall–Kier alpha value is -2.23. The number of hydrogen-bond acceptors (Lipinski definition) is 2. The van der Waals surface area contributed by atoms with Crippen LogP contribution in [-0.2, 0) is 0 Å². The van der Waals surface area contributed by atoms with Gasteiger partial charge in [0.2, 0.25) is 5.78 Å². The summed E-state index contributed by atoms with van der Waals surface area (Å²) in [7, 11) is 0. The van der Waals surface area contributed by atoms with Crippen molar-refractivity contribution in [2.45, 2.75) is 20.8 Å². The van der Waals surface area contributed by atoms with Crippen LogP contribution in [0, 0.1) is 26.6 Å². The van der Waals surface area contributed by atoms with Crippen LogP contribution >= 0.6 is 0 Å². The van der Waals surface area contributed by atoms with E-state index in [9.17, 15) is 4.39 Å². The van der Waals surface area contributed by atoms with E-state index >= 15 is 0 Å². The van der Waals surface area contributed by atoms with Crippen LogP contribution in [0.3, 0.4) is 0 Å². The van der Waals surface area contributed by atoms with Gasteiger partial charge in [0.25, 0.3) is 0 Å². The van der Waals surface area contributed by atoms with E-state index in [1.807, 2.05) is 36.6 Å². The lowest BCUT2D eigenvalue weighted by Gasteiger charge is -1.99. The average Bonchev–Trinajstić information content (AvgIpc) is 2.76. The van der Waals surface area contributed by atoms with E-state index in [1.54, 1.807) is 13.0 Å². The summed E-state index contributed by atoms with van der Waals surface area (Å²) in [6.07, 6.45) is 1.89. The summed E-state index contributed by atoms with van der Waals surface area (Å²) in [4.78, 5) is 8.84. The number of fused-ring (bicyclic) bond motifs is 1. The molecule has 0 fully saturated rings. The van der Waals surface area contributed by atoms with Gasteiger partial charge in [-0.15, -0.1) is 0 Å². The van der Waals surface area contributed by atoms with Crippen molar-refractivity contribution in [3.05, 3.63) is 53.2 Å². The lowest BCUT2D eigenvalue weighted by molar-refractivity contribution is 0.619. The fraction of sp³-hybridized carbons (Fsp3) is 0.200. The van der Waals surface area contributed by atoms with Crippen molar-refractivity contribution in [3.8, 4) is 11.3 Å². The molecule has 0 saturated heterocycles. The van der Waals surface area contributed by atoms with Crippen LogP contribution in [0.1, 0.15) is 17.0 Å². The van der Waals surface area contributed by atoms with Crippen molar-refractivity contribution in [3.63, 3.8) is 0 Å². The number of nitrogens with zero attached hydrogens (tertiary/aromatic N) is 3. The summed E-state index contributed by atoms with van der Waals surface area (Å²) < 4.78 is 15.5. The first-order valence-electron chi connectivity index (χ1n) is 6.14. The first-order chi connectivity index (χ1) is 9.04. The molecular formula is C15H14FN3. The zero-order valence-corrected chi connectivity index (χ0v) is 11.1. The summed E-state index contributed by atoms with van der Waals surface area (Å²) in [5, 5.41) is 0. The largest absolute Gasteiger partial charge is 0.288 e. The van der Waals surface area contributed by atoms with Crippen molar-refractivity contribution >= 4 is 5.78 Å². The molecule has 0 amide bonds. The predicted octanol–water partition coefficient (Wildman–Crippen LogP) is 3.46. The molecule has 3 nitrogen and oxygen atoms in total. The molecule has 0 bridgehead atoms. The minimum Gasteiger partial charge on any atom is -0.288 e. The Morgan fingerprint density at radius 2 is 1.84 bits per heavy atom. The fourth-order valence-corrected chi connectivity index (χ4v) is 2.16. The minimum absolute atomic E-state index is 0.213. The number of aromatic nitrogens is 3. The first kappa shape index (κ1) is 11.8. The second kappa shape index (κ2) is 4.16. The lowest BCUT2D eigenvalue weighted by Crippen LogP contribution is -1.94. The van der Waals surface area contributed by atoms with Crippen molar-refractivity contribution in [1.82, 2.24) is 14.4 Å². The number of benzene rings is 1. The number of rotatable bonds is 1. The van der Waals surface area contributed by atoms with Crippen molar-refractivity contribution < 1.29 is 4.39 Å². The number of aryl methyl sites for hydroxylation is 3. The van der Waals surface area contributed by atoms with Crippen LogP contribution in [-0.4, -0.2) is 14.4 Å².